The molecule has 4 nitrogen and oxygen atoms in total. The summed E-state index contributed by atoms with van der Waals surface area (Å²) in [5.41, 5.74) is 0.335. The van der Waals surface area contributed by atoms with Crippen molar-refractivity contribution in [2.24, 2.45) is 0 Å². The summed E-state index contributed by atoms with van der Waals surface area (Å²) in [5, 5.41) is 2.71. The van der Waals surface area contributed by atoms with Crippen molar-refractivity contribution in [3.8, 4) is 0 Å². The number of Topliss-reactive ketones (excluding diaryl/α,β-unsaturated/α-hetero) is 1. The first-order valence-corrected chi connectivity index (χ1v) is 6.51. The summed E-state index contributed by atoms with van der Waals surface area (Å²) in [6, 6.07) is -0.183. The van der Waals surface area contributed by atoms with Gasteiger partial charge < -0.3 is 10.1 Å². The van der Waals surface area contributed by atoms with E-state index in [0.29, 0.717) is 6.42 Å². The van der Waals surface area contributed by atoms with Gasteiger partial charge in [0.25, 0.3) is 0 Å². The fraction of sp³-hybridized carbons (Fsp3) is 0.714. The molecule has 1 rings (SSSR count). The van der Waals surface area contributed by atoms with E-state index in [1.807, 2.05) is 33.8 Å². The molecule has 0 saturated heterocycles. The highest BCUT2D eigenvalue weighted by atomic mass is 16.6. The van der Waals surface area contributed by atoms with Crippen LogP contribution in [0.5, 0.6) is 0 Å². The number of rotatable bonds is 2. The Balaban J connectivity index is 2.50. The van der Waals surface area contributed by atoms with Crippen LogP contribution in [0.4, 0.5) is 4.79 Å². The van der Waals surface area contributed by atoms with Gasteiger partial charge in [0.2, 0.25) is 0 Å². The van der Waals surface area contributed by atoms with Crippen LogP contribution in [-0.2, 0) is 9.53 Å². The van der Waals surface area contributed by atoms with E-state index in [2.05, 4.69) is 5.32 Å². The van der Waals surface area contributed by atoms with Gasteiger partial charge in [-0.3, -0.25) is 4.79 Å². The molecule has 1 aliphatic rings. The Hall–Kier alpha value is -1.32. The summed E-state index contributed by atoms with van der Waals surface area (Å²) < 4.78 is 5.16. The minimum Gasteiger partial charge on any atom is -0.444 e. The number of nitrogens with one attached hydrogen (secondary N) is 1. The van der Waals surface area contributed by atoms with Crippen LogP contribution < -0.4 is 5.32 Å². The molecule has 0 aromatic rings. The van der Waals surface area contributed by atoms with Crippen LogP contribution in [0, 0.1) is 0 Å². The molecular formula is C14H23NO3. The van der Waals surface area contributed by atoms with Crippen molar-refractivity contribution in [3.63, 3.8) is 0 Å². The molecule has 102 valence electrons. The molecule has 0 radical (unpaired) electrons. The monoisotopic (exact) mass is 253 g/mol. The molecule has 1 N–H and O–H groups in total. The molecule has 1 atom stereocenters. The first-order valence-electron chi connectivity index (χ1n) is 6.51. The average molecular weight is 253 g/mol. The van der Waals surface area contributed by atoms with E-state index in [9.17, 15) is 9.59 Å². The van der Waals surface area contributed by atoms with Crippen LogP contribution in [0.1, 0.15) is 53.4 Å². The van der Waals surface area contributed by atoms with Gasteiger partial charge in [-0.25, -0.2) is 4.79 Å². The van der Waals surface area contributed by atoms with Crippen LogP contribution >= 0.6 is 0 Å². The second-order valence-corrected chi connectivity index (χ2v) is 5.76. The molecule has 4 heteroatoms. The first-order chi connectivity index (χ1) is 8.28. The van der Waals surface area contributed by atoms with Crippen molar-refractivity contribution in [3.05, 3.63) is 11.6 Å². The topological polar surface area (TPSA) is 55.4 Å². The van der Waals surface area contributed by atoms with Gasteiger partial charge >= 0.3 is 6.09 Å². The number of ether oxygens (including phenoxy) is 1. The second-order valence-electron chi connectivity index (χ2n) is 5.76. The van der Waals surface area contributed by atoms with Gasteiger partial charge in [-0.05, 0) is 52.5 Å². The summed E-state index contributed by atoms with van der Waals surface area (Å²) in [6.45, 7) is 7.31. The standard InChI is InChI=1S/C14H23NO3/c1-10(15-13(17)18-14(2,3)4)9-11-7-5-6-8-12(11)16/h9-10H,5-8H2,1-4H3,(H,15,17)/b11-9+/t10-/m0/s1. The zero-order valence-electron chi connectivity index (χ0n) is 11.7. The van der Waals surface area contributed by atoms with Crippen molar-refractivity contribution < 1.29 is 14.3 Å². The molecule has 0 aromatic carbocycles. The molecule has 1 amide bonds. The van der Waals surface area contributed by atoms with E-state index >= 15 is 0 Å². The minimum atomic E-state index is -0.502. The molecule has 1 fully saturated rings. The number of carbonyl (C=O) groups excluding carboxylic acids is 2. The second kappa shape index (κ2) is 6.03. The van der Waals surface area contributed by atoms with E-state index in [0.717, 1.165) is 24.8 Å². The maximum Gasteiger partial charge on any atom is 0.408 e. The van der Waals surface area contributed by atoms with Gasteiger partial charge in [0.05, 0.1) is 0 Å². The van der Waals surface area contributed by atoms with Gasteiger partial charge in [0.15, 0.2) is 5.78 Å². The first kappa shape index (κ1) is 14.7. The lowest BCUT2D eigenvalue weighted by atomic mass is 9.92. The van der Waals surface area contributed by atoms with Gasteiger partial charge in [0.1, 0.15) is 5.60 Å². The van der Waals surface area contributed by atoms with Gasteiger partial charge in [-0.1, -0.05) is 6.08 Å². The SMILES string of the molecule is C[C@@H](/C=C1\CCCCC1=O)NC(=O)OC(C)(C)C. The molecule has 1 aliphatic carbocycles. The number of alkyl carbamates (subject to hydrolysis) is 1. The smallest absolute Gasteiger partial charge is 0.408 e. The molecule has 18 heavy (non-hydrogen) atoms. The fourth-order valence-electron chi connectivity index (χ4n) is 1.91. The van der Waals surface area contributed by atoms with Crippen molar-refractivity contribution in [2.45, 2.75) is 65.0 Å². The highest BCUT2D eigenvalue weighted by Gasteiger charge is 2.19. The zero-order chi connectivity index (χ0) is 13.8. The lowest BCUT2D eigenvalue weighted by molar-refractivity contribution is -0.116. The van der Waals surface area contributed by atoms with E-state index in [-0.39, 0.29) is 11.8 Å². The summed E-state index contributed by atoms with van der Waals surface area (Å²) in [7, 11) is 0. The quantitative estimate of drug-likeness (QED) is 0.770. The number of carbonyl (C=O) groups is 2. The number of amides is 1. The predicted molar refractivity (Wildman–Crippen MR) is 70.4 cm³/mol. The largest absolute Gasteiger partial charge is 0.444 e. The lowest BCUT2D eigenvalue weighted by Crippen LogP contribution is -2.37. The molecule has 0 aliphatic heterocycles. The maximum atomic E-state index is 11.6. The molecular weight excluding hydrogens is 230 g/mol. The Kier molecular flexibility index (Phi) is 4.93. The third kappa shape index (κ3) is 5.34. The van der Waals surface area contributed by atoms with E-state index < -0.39 is 11.7 Å². The number of ketones is 1. The van der Waals surface area contributed by atoms with Crippen LogP contribution in [0.3, 0.4) is 0 Å². The lowest BCUT2D eigenvalue weighted by Gasteiger charge is -2.21. The summed E-state index contributed by atoms with van der Waals surface area (Å²) in [5.74, 6) is 0.207. The summed E-state index contributed by atoms with van der Waals surface area (Å²) in [6.07, 6.45) is 4.87. The molecule has 0 heterocycles. The third-order valence-corrected chi connectivity index (χ3v) is 2.65. The summed E-state index contributed by atoms with van der Waals surface area (Å²) in [4.78, 5) is 23.2. The van der Waals surface area contributed by atoms with Gasteiger partial charge in [-0.2, -0.15) is 0 Å². The Morgan fingerprint density at radius 2 is 1.94 bits per heavy atom. The average Bonchev–Trinajstić information content (AvgIpc) is 2.18. The molecule has 0 aromatic heterocycles. The van der Waals surface area contributed by atoms with E-state index in [1.165, 1.54) is 0 Å². The molecule has 0 spiro atoms. The van der Waals surface area contributed by atoms with Crippen LogP contribution in [0.25, 0.3) is 0 Å². The minimum absolute atomic E-state index is 0.183. The molecule has 0 bridgehead atoms. The number of hydrogen-bond acceptors (Lipinski definition) is 3. The van der Waals surface area contributed by atoms with Crippen LogP contribution in [0.2, 0.25) is 0 Å². The van der Waals surface area contributed by atoms with Gasteiger partial charge in [0, 0.05) is 12.5 Å². The van der Waals surface area contributed by atoms with E-state index in [1.54, 1.807) is 0 Å². The van der Waals surface area contributed by atoms with Crippen molar-refractivity contribution in [2.75, 3.05) is 0 Å². The number of allylic oxidation sites excluding steroid dienone is 1. The van der Waals surface area contributed by atoms with E-state index in [4.69, 9.17) is 4.74 Å². The maximum absolute atomic E-state index is 11.6. The van der Waals surface area contributed by atoms with Crippen LogP contribution in [0.15, 0.2) is 11.6 Å². The van der Waals surface area contributed by atoms with Crippen LogP contribution in [-0.4, -0.2) is 23.5 Å². The van der Waals surface area contributed by atoms with Crippen molar-refractivity contribution >= 4 is 11.9 Å². The Labute approximate surface area is 109 Å². The zero-order valence-corrected chi connectivity index (χ0v) is 11.7. The highest BCUT2D eigenvalue weighted by molar-refractivity contribution is 5.96. The third-order valence-electron chi connectivity index (χ3n) is 2.65. The van der Waals surface area contributed by atoms with Crippen molar-refractivity contribution in [1.29, 1.82) is 0 Å². The highest BCUT2D eigenvalue weighted by Crippen LogP contribution is 2.20. The van der Waals surface area contributed by atoms with Gasteiger partial charge in [-0.15, -0.1) is 0 Å². The molecule has 0 unspecified atom stereocenters. The fourth-order valence-corrected chi connectivity index (χ4v) is 1.91. The summed E-state index contributed by atoms with van der Waals surface area (Å²) >= 11 is 0. The normalized spacial score (nSPS) is 20.7. The van der Waals surface area contributed by atoms with Crippen molar-refractivity contribution in [1.82, 2.24) is 5.32 Å². The predicted octanol–water partition coefficient (Wildman–Crippen LogP) is 2.97. The Morgan fingerprint density at radius 3 is 2.50 bits per heavy atom. The Bertz CT molecular complexity index is 353. The molecule has 1 saturated carbocycles. The Morgan fingerprint density at radius 1 is 1.33 bits per heavy atom. The number of hydrogen-bond donors (Lipinski definition) is 1.